The average Bonchev–Trinajstić information content (AvgIpc) is 2.81. The molecule has 0 aliphatic rings. The van der Waals surface area contributed by atoms with Gasteiger partial charge in [0.05, 0.1) is 12.2 Å². The van der Waals surface area contributed by atoms with Crippen LogP contribution in [0, 0.1) is 12.8 Å². The van der Waals surface area contributed by atoms with Crippen molar-refractivity contribution in [3.63, 3.8) is 0 Å². The number of nitrogens with zero attached hydrogens (tertiary/aromatic N) is 1. The summed E-state index contributed by atoms with van der Waals surface area (Å²) in [6.45, 7) is 8.14. The summed E-state index contributed by atoms with van der Waals surface area (Å²) in [5.74, 6) is 2.02. The second-order valence-corrected chi connectivity index (χ2v) is 5.33. The molecule has 3 heteroatoms. The Hall–Kier alpha value is -1.61. The topological polar surface area (TPSA) is 38.1 Å². The summed E-state index contributed by atoms with van der Waals surface area (Å²) in [6.07, 6.45) is 0. The number of hydrogen-bond donors (Lipinski definition) is 1. The van der Waals surface area contributed by atoms with Crippen molar-refractivity contribution in [3.05, 3.63) is 53.4 Å². The minimum absolute atomic E-state index is 0.519. The third kappa shape index (κ3) is 3.93. The van der Waals surface area contributed by atoms with Crippen LogP contribution in [-0.2, 0) is 6.54 Å². The van der Waals surface area contributed by atoms with Crippen LogP contribution in [0.15, 0.2) is 40.9 Å². The molecule has 0 spiro atoms. The maximum absolute atomic E-state index is 5.20. The van der Waals surface area contributed by atoms with E-state index >= 15 is 0 Å². The molecule has 1 heterocycles. The van der Waals surface area contributed by atoms with Gasteiger partial charge in [-0.3, -0.25) is 0 Å². The zero-order valence-corrected chi connectivity index (χ0v) is 11.9. The van der Waals surface area contributed by atoms with E-state index in [-0.39, 0.29) is 0 Å². The molecule has 0 amide bonds. The molecule has 1 N–H and O–H groups in total. The van der Waals surface area contributed by atoms with Gasteiger partial charge in [0.2, 0.25) is 0 Å². The van der Waals surface area contributed by atoms with Gasteiger partial charge in [-0.1, -0.05) is 49.3 Å². The van der Waals surface area contributed by atoms with E-state index in [0.717, 1.165) is 24.5 Å². The standard InChI is InChI=1S/C16H22N2O/c1-12(2)16(14-7-5-4-6-8-14)11-17-10-15-9-13(3)18-19-15/h4-9,12,16-17H,10-11H2,1-3H3. The molecule has 0 saturated heterocycles. The predicted molar refractivity (Wildman–Crippen MR) is 77.0 cm³/mol. The van der Waals surface area contributed by atoms with E-state index < -0.39 is 0 Å². The number of benzene rings is 1. The second kappa shape index (κ2) is 6.53. The third-order valence-electron chi connectivity index (χ3n) is 3.37. The zero-order chi connectivity index (χ0) is 13.7. The first-order chi connectivity index (χ1) is 9.16. The Bertz CT molecular complexity index is 490. The Labute approximate surface area is 115 Å². The summed E-state index contributed by atoms with van der Waals surface area (Å²) in [7, 11) is 0. The highest BCUT2D eigenvalue weighted by Gasteiger charge is 2.15. The van der Waals surface area contributed by atoms with Crippen LogP contribution in [0.3, 0.4) is 0 Å². The first-order valence-electron chi connectivity index (χ1n) is 6.84. The Morgan fingerprint density at radius 1 is 1.21 bits per heavy atom. The van der Waals surface area contributed by atoms with Gasteiger partial charge in [-0.2, -0.15) is 0 Å². The van der Waals surface area contributed by atoms with Crippen molar-refractivity contribution in [2.75, 3.05) is 6.54 Å². The fraction of sp³-hybridized carbons (Fsp3) is 0.438. The predicted octanol–water partition coefficient (Wildman–Crippen LogP) is 3.51. The van der Waals surface area contributed by atoms with Gasteiger partial charge in [-0.05, 0) is 24.3 Å². The normalized spacial score (nSPS) is 12.8. The highest BCUT2D eigenvalue weighted by atomic mass is 16.5. The monoisotopic (exact) mass is 258 g/mol. The summed E-state index contributed by atoms with van der Waals surface area (Å²) >= 11 is 0. The van der Waals surface area contributed by atoms with Crippen LogP contribution in [0.1, 0.15) is 36.8 Å². The lowest BCUT2D eigenvalue weighted by molar-refractivity contribution is 0.362. The molecule has 2 aromatic rings. The lowest BCUT2D eigenvalue weighted by atomic mass is 9.88. The molecule has 0 fully saturated rings. The molecular formula is C16H22N2O. The molecule has 2 rings (SSSR count). The van der Waals surface area contributed by atoms with E-state index in [1.54, 1.807) is 0 Å². The van der Waals surface area contributed by atoms with Crippen molar-refractivity contribution in [3.8, 4) is 0 Å². The van der Waals surface area contributed by atoms with E-state index in [4.69, 9.17) is 4.52 Å². The van der Waals surface area contributed by atoms with E-state index in [1.807, 2.05) is 13.0 Å². The fourth-order valence-corrected chi connectivity index (χ4v) is 2.29. The molecular weight excluding hydrogens is 236 g/mol. The first-order valence-corrected chi connectivity index (χ1v) is 6.84. The molecule has 0 saturated carbocycles. The number of aryl methyl sites for hydroxylation is 1. The summed E-state index contributed by atoms with van der Waals surface area (Å²) in [6, 6.07) is 12.6. The zero-order valence-electron chi connectivity index (χ0n) is 11.9. The van der Waals surface area contributed by atoms with Gasteiger partial charge in [0.25, 0.3) is 0 Å². The first kappa shape index (κ1) is 13.8. The molecule has 0 aliphatic carbocycles. The SMILES string of the molecule is Cc1cc(CNCC(c2ccccc2)C(C)C)on1. The molecule has 1 atom stereocenters. The average molecular weight is 258 g/mol. The quantitative estimate of drug-likeness (QED) is 0.861. The molecule has 0 aliphatic heterocycles. The molecule has 19 heavy (non-hydrogen) atoms. The van der Waals surface area contributed by atoms with Crippen LogP contribution < -0.4 is 5.32 Å². The van der Waals surface area contributed by atoms with Crippen molar-refractivity contribution in [1.29, 1.82) is 0 Å². The maximum Gasteiger partial charge on any atom is 0.150 e. The lowest BCUT2D eigenvalue weighted by Gasteiger charge is -2.21. The number of nitrogens with one attached hydrogen (secondary N) is 1. The molecule has 0 radical (unpaired) electrons. The van der Waals surface area contributed by atoms with Crippen molar-refractivity contribution in [2.45, 2.75) is 33.2 Å². The van der Waals surface area contributed by atoms with Crippen molar-refractivity contribution < 1.29 is 4.52 Å². The summed E-state index contributed by atoms with van der Waals surface area (Å²) in [5, 5.41) is 7.35. The molecule has 1 unspecified atom stereocenters. The Kier molecular flexibility index (Phi) is 4.74. The Balaban J connectivity index is 1.91. The molecule has 3 nitrogen and oxygen atoms in total. The van der Waals surface area contributed by atoms with Gasteiger partial charge < -0.3 is 9.84 Å². The maximum atomic E-state index is 5.20. The third-order valence-corrected chi connectivity index (χ3v) is 3.37. The highest BCUT2D eigenvalue weighted by Crippen LogP contribution is 2.23. The van der Waals surface area contributed by atoms with E-state index in [0.29, 0.717) is 11.8 Å². The summed E-state index contributed by atoms with van der Waals surface area (Å²) in [4.78, 5) is 0. The number of aromatic nitrogens is 1. The van der Waals surface area contributed by atoms with Crippen LogP contribution in [0.4, 0.5) is 0 Å². The summed E-state index contributed by atoms with van der Waals surface area (Å²) in [5.41, 5.74) is 2.32. The van der Waals surface area contributed by atoms with Gasteiger partial charge in [-0.15, -0.1) is 0 Å². The van der Waals surface area contributed by atoms with Gasteiger partial charge in [0.1, 0.15) is 0 Å². The Morgan fingerprint density at radius 2 is 1.95 bits per heavy atom. The lowest BCUT2D eigenvalue weighted by Crippen LogP contribution is -2.24. The van der Waals surface area contributed by atoms with Gasteiger partial charge in [0, 0.05) is 12.6 Å². The Morgan fingerprint density at radius 3 is 2.53 bits per heavy atom. The van der Waals surface area contributed by atoms with Crippen molar-refractivity contribution in [1.82, 2.24) is 10.5 Å². The second-order valence-electron chi connectivity index (χ2n) is 5.33. The van der Waals surface area contributed by atoms with Crippen LogP contribution in [0.2, 0.25) is 0 Å². The van der Waals surface area contributed by atoms with Crippen LogP contribution >= 0.6 is 0 Å². The molecule has 1 aromatic heterocycles. The van der Waals surface area contributed by atoms with Crippen LogP contribution in [-0.4, -0.2) is 11.7 Å². The van der Waals surface area contributed by atoms with E-state index in [1.165, 1.54) is 5.56 Å². The van der Waals surface area contributed by atoms with Gasteiger partial charge in [-0.25, -0.2) is 0 Å². The molecule has 102 valence electrons. The van der Waals surface area contributed by atoms with Crippen molar-refractivity contribution in [2.24, 2.45) is 5.92 Å². The van der Waals surface area contributed by atoms with E-state index in [2.05, 4.69) is 54.7 Å². The number of rotatable bonds is 6. The van der Waals surface area contributed by atoms with Crippen molar-refractivity contribution >= 4 is 0 Å². The smallest absolute Gasteiger partial charge is 0.150 e. The summed E-state index contributed by atoms with van der Waals surface area (Å²) < 4.78 is 5.20. The van der Waals surface area contributed by atoms with E-state index in [9.17, 15) is 0 Å². The molecule has 0 bridgehead atoms. The van der Waals surface area contributed by atoms with Crippen LogP contribution in [0.25, 0.3) is 0 Å². The van der Waals surface area contributed by atoms with Gasteiger partial charge >= 0.3 is 0 Å². The fourth-order valence-electron chi connectivity index (χ4n) is 2.29. The number of hydrogen-bond acceptors (Lipinski definition) is 3. The minimum Gasteiger partial charge on any atom is -0.360 e. The van der Waals surface area contributed by atoms with Crippen LogP contribution in [0.5, 0.6) is 0 Å². The minimum atomic E-state index is 0.519. The highest BCUT2D eigenvalue weighted by molar-refractivity contribution is 5.20. The van der Waals surface area contributed by atoms with Gasteiger partial charge in [0.15, 0.2) is 5.76 Å². The largest absolute Gasteiger partial charge is 0.360 e. The molecule has 1 aromatic carbocycles.